The molecule has 0 saturated carbocycles. The molecular formula is C18H23N3O. The molecule has 2 rings (SSSR count). The highest BCUT2D eigenvalue weighted by atomic mass is 16.1. The van der Waals surface area contributed by atoms with E-state index in [1.165, 1.54) is 5.56 Å². The van der Waals surface area contributed by atoms with E-state index in [-0.39, 0.29) is 11.9 Å². The van der Waals surface area contributed by atoms with Crippen molar-refractivity contribution in [2.45, 2.75) is 32.7 Å². The van der Waals surface area contributed by atoms with Crippen molar-refractivity contribution in [3.8, 4) is 0 Å². The molecular weight excluding hydrogens is 274 g/mol. The third-order valence-electron chi connectivity index (χ3n) is 3.23. The van der Waals surface area contributed by atoms with Gasteiger partial charge >= 0.3 is 0 Å². The lowest BCUT2D eigenvalue weighted by Crippen LogP contribution is -2.30. The van der Waals surface area contributed by atoms with Crippen LogP contribution in [0.25, 0.3) is 0 Å². The summed E-state index contributed by atoms with van der Waals surface area (Å²) in [5.74, 6) is -0.0876. The average Bonchev–Trinajstić information content (AvgIpc) is 2.52. The number of hydrogen-bond donors (Lipinski definition) is 2. The first-order valence-electron chi connectivity index (χ1n) is 7.69. The zero-order chi connectivity index (χ0) is 15.8. The minimum atomic E-state index is -0.0876. The van der Waals surface area contributed by atoms with Gasteiger partial charge in [0.1, 0.15) is 0 Å². The second-order valence-corrected chi connectivity index (χ2v) is 5.61. The van der Waals surface area contributed by atoms with Gasteiger partial charge < -0.3 is 10.6 Å². The Kier molecular flexibility index (Phi) is 5.95. The van der Waals surface area contributed by atoms with Crippen molar-refractivity contribution in [3.63, 3.8) is 0 Å². The van der Waals surface area contributed by atoms with E-state index in [0.717, 1.165) is 25.1 Å². The SMILES string of the molecule is CC(C)NC(=O)c1cncc(NCCCc2ccccc2)c1. The molecule has 1 aromatic heterocycles. The van der Waals surface area contributed by atoms with Crippen LogP contribution < -0.4 is 10.6 Å². The van der Waals surface area contributed by atoms with Crippen molar-refractivity contribution in [3.05, 3.63) is 59.9 Å². The first-order valence-corrected chi connectivity index (χ1v) is 7.69. The number of aromatic nitrogens is 1. The Morgan fingerprint density at radius 1 is 1.18 bits per heavy atom. The van der Waals surface area contributed by atoms with Gasteiger partial charge in [-0.2, -0.15) is 0 Å². The fourth-order valence-corrected chi connectivity index (χ4v) is 2.18. The van der Waals surface area contributed by atoms with E-state index in [9.17, 15) is 4.79 Å². The van der Waals surface area contributed by atoms with Crippen LogP contribution in [0.1, 0.15) is 36.2 Å². The summed E-state index contributed by atoms with van der Waals surface area (Å²) in [6.45, 7) is 4.74. The van der Waals surface area contributed by atoms with E-state index < -0.39 is 0 Å². The first kappa shape index (κ1) is 16.0. The summed E-state index contributed by atoms with van der Waals surface area (Å²) in [5.41, 5.74) is 2.80. The Bertz CT molecular complexity index is 596. The van der Waals surface area contributed by atoms with E-state index in [2.05, 4.69) is 39.9 Å². The Morgan fingerprint density at radius 2 is 1.95 bits per heavy atom. The lowest BCUT2D eigenvalue weighted by atomic mass is 10.1. The monoisotopic (exact) mass is 297 g/mol. The smallest absolute Gasteiger partial charge is 0.253 e. The molecule has 2 N–H and O–H groups in total. The van der Waals surface area contributed by atoms with Crippen LogP contribution >= 0.6 is 0 Å². The summed E-state index contributed by atoms with van der Waals surface area (Å²) < 4.78 is 0. The van der Waals surface area contributed by atoms with Crippen LogP contribution in [0.2, 0.25) is 0 Å². The largest absolute Gasteiger partial charge is 0.384 e. The van der Waals surface area contributed by atoms with Crippen molar-refractivity contribution in [2.75, 3.05) is 11.9 Å². The Hall–Kier alpha value is -2.36. The summed E-state index contributed by atoms with van der Waals surface area (Å²) in [4.78, 5) is 16.1. The van der Waals surface area contributed by atoms with Crippen LogP contribution in [0.5, 0.6) is 0 Å². The van der Waals surface area contributed by atoms with Crippen molar-refractivity contribution < 1.29 is 4.79 Å². The van der Waals surface area contributed by atoms with Gasteiger partial charge in [0.25, 0.3) is 5.91 Å². The number of nitrogens with one attached hydrogen (secondary N) is 2. The lowest BCUT2D eigenvalue weighted by molar-refractivity contribution is 0.0943. The fourth-order valence-electron chi connectivity index (χ4n) is 2.18. The van der Waals surface area contributed by atoms with Crippen LogP contribution in [0.4, 0.5) is 5.69 Å². The van der Waals surface area contributed by atoms with Gasteiger partial charge in [-0.15, -0.1) is 0 Å². The molecule has 0 radical (unpaired) electrons. The highest BCUT2D eigenvalue weighted by Gasteiger charge is 2.07. The predicted molar refractivity (Wildman–Crippen MR) is 90.1 cm³/mol. The Labute approximate surface area is 132 Å². The number of amides is 1. The Balaban J connectivity index is 1.82. The van der Waals surface area contributed by atoms with E-state index in [4.69, 9.17) is 0 Å². The van der Waals surface area contributed by atoms with Crippen molar-refractivity contribution in [1.29, 1.82) is 0 Å². The number of carbonyl (C=O) groups is 1. The maximum atomic E-state index is 11.9. The molecule has 0 aliphatic heterocycles. The number of anilines is 1. The molecule has 4 heteroatoms. The van der Waals surface area contributed by atoms with Gasteiger partial charge in [-0.05, 0) is 38.3 Å². The average molecular weight is 297 g/mol. The molecule has 1 heterocycles. The molecule has 1 aromatic carbocycles. The van der Waals surface area contributed by atoms with Crippen molar-refractivity contribution >= 4 is 11.6 Å². The molecule has 0 aliphatic rings. The summed E-state index contributed by atoms with van der Waals surface area (Å²) in [5, 5.41) is 6.19. The fraction of sp³-hybridized carbons (Fsp3) is 0.333. The predicted octanol–water partition coefficient (Wildman–Crippen LogP) is 3.26. The molecule has 0 fully saturated rings. The first-order chi connectivity index (χ1) is 10.6. The summed E-state index contributed by atoms with van der Waals surface area (Å²) in [6.07, 6.45) is 5.41. The minimum absolute atomic E-state index is 0.0876. The van der Waals surface area contributed by atoms with Gasteiger partial charge in [-0.1, -0.05) is 30.3 Å². The Morgan fingerprint density at radius 3 is 2.68 bits per heavy atom. The van der Waals surface area contributed by atoms with Gasteiger partial charge in [-0.25, -0.2) is 0 Å². The van der Waals surface area contributed by atoms with Crippen molar-refractivity contribution in [2.24, 2.45) is 0 Å². The van der Waals surface area contributed by atoms with E-state index in [0.29, 0.717) is 5.56 Å². The number of hydrogen-bond acceptors (Lipinski definition) is 3. The summed E-state index contributed by atoms with van der Waals surface area (Å²) in [7, 11) is 0. The van der Waals surface area contributed by atoms with Crippen LogP contribution in [-0.2, 0) is 6.42 Å². The molecule has 116 valence electrons. The molecule has 1 amide bonds. The molecule has 0 saturated heterocycles. The number of rotatable bonds is 7. The van der Waals surface area contributed by atoms with E-state index >= 15 is 0 Å². The highest BCUT2D eigenvalue weighted by Crippen LogP contribution is 2.09. The van der Waals surface area contributed by atoms with Gasteiger partial charge in [0.15, 0.2) is 0 Å². The number of nitrogens with zero attached hydrogens (tertiary/aromatic N) is 1. The molecule has 0 unspecified atom stereocenters. The third-order valence-corrected chi connectivity index (χ3v) is 3.23. The van der Waals surface area contributed by atoms with Gasteiger partial charge in [0.2, 0.25) is 0 Å². The molecule has 22 heavy (non-hydrogen) atoms. The molecule has 0 atom stereocenters. The minimum Gasteiger partial charge on any atom is -0.384 e. The number of pyridine rings is 1. The van der Waals surface area contributed by atoms with Crippen molar-refractivity contribution in [1.82, 2.24) is 10.3 Å². The number of benzene rings is 1. The molecule has 0 bridgehead atoms. The van der Waals surface area contributed by atoms with E-state index in [1.54, 1.807) is 12.4 Å². The maximum Gasteiger partial charge on any atom is 0.253 e. The van der Waals surface area contributed by atoms with Gasteiger partial charge in [-0.3, -0.25) is 9.78 Å². The summed E-state index contributed by atoms with van der Waals surface area (Å²) in [6, 6.07) is 12.4. The highest BCUT2D eigenvalue weighted by molar-refractivity contribution is 5.94. The van der Waals surface area contributed by atoms with Crippen LogP contribution in [0, 0.1) is 0 Å². The van der Waals surface area contributed by atoms with Gasteiger partial charge in [0, 0.05) is 25.0 Å². The standard InChI is InChI=1S/C18H23N3O/c1-14(2)21-18(22)16-11-17(13-19-12-16)20-10-6-9-15-7-4-3-5-8-15/h3-5,7-8,11-14,20H,6,9-10H2,1-2H3,(H,21,22). The zero-order valence-corrected chi connectivity index (χ0v) is 13.2. The van der Waals surface area contributed by atoms with Gasteiger partial charge in [0.05, 0.1) is 11.3 Å². The number of carbonyl (C=O) groups excluding carboxylic acids is 1. The maximum absolute atomic E-state index is 11.9. The number of aryl methyl sites for hydroxylation is 1. The summed E-state index contributed by atoms with van der Waals surface area (Å²) >= 11 is 0. The molecule has 4 nitrogen and oxygen atoms in total. The normalized spacial score (nSPS) is 10.5. The molecule has 0 aliphatic carbocycles. The van der Waals surface area contributed by atoms with Crippen LogP contribution in [0.15, 0.2) is 48.8 Å². The lowest BCUT2D eigenvalue weighted by Gasteiger charge is -2.10. The molecule has 0 spiro atoms. The second kappa shape index (κ2) is 8.17. The topological polar surface area (TPSA) is 54.0 Å². The quantitative estimate of drug-likeness (QED) is 0.771. The van der Waals surface area contributed by atoms with Crippen LogP contribution in [0.3, 0.4) is 0 Å². The zero-order valence-electron chi connectivity index (χ0n) is 13.2. The van der Waals surface area contributed by atoms with E-state index in [1.807, 2.05) is 26.0 Å². The second-order valence-electron chi connectivity index (χ2n) is 5.61. The third kappa shape index (κ3) is 5.20. The molecule has 2 aromatic rings. The van der Waals surface area contributed by atoms with Crippen LogP contribution in [-0.4, -0.2) is 23.5 Å².